The fourth-order valence-corrected chi connectivity index (χ4v) is 2.64. The molecule has 0 saturated carbocycles. The highest BCUT2D eigenvalue weighted by atomic mass is 16.6. The van der Waals surface area contributed by atoms with Gasteiger partial charge < -0.3 is 9.47 Å². The molecule has 1 saturated heterocycles. The van der Waals surface area contributed by atoms with Gasteiger partial charge in [-0.05, 0) is 32.4 Å². The summed E-state index contributed by atoms with van der Waals surface area (Å²) < 4.78 is 11.3. The van der Waals surface area contributed by atoms with Crippen LogP contribution in [0, 0.1) is 17.0 Å². The van der Waals surface area contributed by atoms with Crippen molar-refractivity contribution in [1.29, 1.82) is 0 Å². The molecule has 6 heteroatoms. The number of aryl methyl sites for hydroxylation is 1. The van der Waals surface area contributed by atoms with Crippen LogP contribution in [0.1, 0.15) is 19.4 Å². The van der Waals surface area contributed by atoms with E-state index in [0.717, 1.165) is 25.2 Å². The molecule has 0 bridgehead atoms. The summed E-state index contributed by atoms with van der Waals surface area (Å²) in [6, 6.07) is 5.02. The minimum Gasteiger partial charge on any atom is -0.485 e. The highest BCUT2D eigenvalue weighted by Crippen LogP contribution is 2.27. The molecule has 116 valence electrons. The summed E-state index contributed by atoms with van der Waals surface area (Å²) in [6.07, 6.45) is 0.421. The molecule has 1 heterocycles. The quantitative estimate of drug-likeness (QED) is 0.616. The fourth-order valence-electron chi connectivity index (χ4n) is 2.64. The second-order valence-corrected chi connectivity index (χ2v) is 5.59. The summed E-state index contributed by atoms with van der Waals surface area (Å²) >= 11 is 0. The van der Waals surface area contributed by atoms with Gasteiger partial charge in [-0.2, -0.15) is 0 Å². The molecule has 0 N–H and O–H groups in total. The monoisotopic (exact) mass is 294 g/mol. The number of ether oxygens (including phenoxy) is 2. The molecule has 1 aromatic rings. The van der Waals surface area contributed by atoms with Crippen molar-refractivity contribution >= 4 is 5.69 Å². The summed E-state index contributed by atoms with van der Waals surface area (Å²) in [7, 11) is 0. The van der Waals surface area contributed by atoms with Crippen LogP contribution in [0.4, 0.5) is 5.69 Å². The van der Waals surface area contributed by atoms with Crippen molar-refractivity contribution in [2.45, 2.75) is 33.0 Å². The van der Waals surface area contributed by atoms with Gasteiger partial charge in [0.15, 0.2) is 5.75 Å². The first-order valence-corrected chi connectivity index (χ1v) is 7.21. The van der Waals surface area contributed by atoms with Crippen LogP contribution in [0.25, 0.3) is 0 Å². The van der Waals surface area contributed by atoms with Crippen LogP contribution >= 0.6 is 0 Å². The number of nitro groups is 1. The van der Waals surface area contributed by atoms with E-state index in [1.54, 1.807) is 6.07 Å². The molecule has 2 atom stereocenters. The van der Waals surface area contributed by atoms with Gasteiger partial charge in [-0.15, -0.1) is 0 Å². The van der Waals surface area contributed by atoms with Gasteiger partial charge in [0.1, 0.15) is 6.61 Å². The third-order valence-electron chi connectivity index (χ3n) is 3.47. The zero-order chi connectivity index (χ0) is 15.4. The smallest absolute Gasteiger partial charge is 0.311 e. The Morgan fingerprint density at radius 1 is 1.38 bits per heavy atom. The van der Waals surface area contributed by atoms with Gasteiger partial charge in [0.2, 0.25) is 0 Å². The largest absolute Gasteiger partial charge is 0.485 e. The van der Waals surface area contributed by atoms with E-state index >= 15 is 0 Å². The Morgan fingerprint density at radius 3 is 2.67 bits per heavy atom. The summed E-state index contributed by atoms with van der Waals surface area (Å²) in [6.45, 7) is 8.83. The highest BCUT2D eigenvalue weighted by Gasteiger charge is 2.22. The summed E-state index contributed by atoms with van der Waals surface area (Å²) in [5.74, 6) is 0.333. The zero-order valence-corrected chi connectivity index (χ0v) is 12.7. The maximum atomic E-state index is 11.0. The molecule has 0 aromatic heterocycles. The van der Waals surface area contributed by atoms with Gasteiger partial charge in [0.05, 0.1) is 17.1 Å². The summed E-state index contributed by atoms with van der Waals surface area (Å²) in [5, 5.41) is 11.0. The number of benzene rings is 1. The van der Waals surface area contributed by atoms with Crippen molar-refractivity contribution in [3.63, 3.8) is 0 Å². The van der Waals surface area contributed by atoms with Gasteiger partial charge in [0.25, 0.3) is 0 Å². The topological polar surface area (TPSA) is 64.8 Å². The number of hydrogen-bond donors (Lipinski definition) is 0. The van der Waals surface area contributed by atoms with Gasteiger partial charge in [-0.25, -0.2) is 0 Å². The Labute approximate surface area is 124 Å². The molecule has 1 fully saturated rings. The molecular formula is C15H22N2O4. The molecule has 0 radical (unpaired) electrons. The van der Waals surface area contributed by atoms with E-state index in [1.165, 1.54) is 6.07 Å². The van der Waals surface area contributed by atoms with Crippen LogP contribution < -0.4 is 4.74 Å². The first kappa shape index (κ1) is 15.7. The van der Waals surface area contributed by atoms with Crippen molar-refractivity contribution in [2.75, 3.05) is 26.2 Å². The molecule has 0 spiro atoms. The van der Waals surface area contributed by atoms with E-state index in [2.05, 4.69) is 4.90 Å². The average Bonchev–Trinajstić information content (AvgIpc) is 2.39. The Morgan fingerprint density at radius 2 is 2.05 bits per heavy atom. The van der Waals surface area contributed by atoms with Gasteiger partial charge >= 0.3 is 5.69 Å². The zero-order valence-electron chi connectivity index (χ0n) is 12.7. The first-order chi connectivity index (χ1) is 9.95. The molecule has 1 aliphatic rings. The molecule has 2 rings (SSSR count). The fraction of sp³-hybridized carbons (Fsp3) is 0.600. The van der Waals surface area contributed by atoms with Gasteiger partial charge in [-0.3, -0.25) is 15.0 Å². The van der Waals surface area contributed by atoms with E-state index < -0.39 is 4.92 Å². The van der Waals surface area contributed by atoms with Crippen LogP contribution in [0.2, 0.25) is 0 Å². The van der Waals surface area contributed by atoms with Crippen molar-refractivity contribution in [2.24, 2.45) is 0 Å². The summed E-state index contributed by atoms with van der Waals surface area (Å²) in [5.41, 5.74) is 0.878. The van der Waals surface area contributed by atoms with Crippen LogP contribution in [0.3, 0.4) is 0 Å². The lowest BCUT2D eigenvalue weighted by Crippen LogP contribution is -2.46. The molecule has 21 heavy (non-hydrogen) atoms. The van der Waals surface area contributed by atoms with Crippen molar-refractivity contribution in [3.8, 4) is 5.75 Å². The van der Waals surface area contributed by atoms with E-state index in [4.69, 9.17) is 9.47 Å². The number of morpholine rings is 1. The summed E-state index contributed by atoms with van der Waals surface area (Å²) in [4.78, 5) is 12.9. The minimum atomic E-state index is -0.402. The predicted molar refractivity (Wildman–Crippen MR) is 79.8 cm³/mol. The second kappa shape index (κ2) is 6.87. The lowest BCUT2D eigenvalue weighted by atomic mass is 10.2. The van der Waals surface area contributed by atoms with E-state index in [9.17, 15) is 10.1 Å². The average molecular weight is 294 g/mol. The lowest BCUT2D eigenvalue weighted by Gasteiger charge is -2.35. The van der Waals surface area contributed by atoms with E-state index in [0.29, 0.717) is 12.4 Å². The SMILES string of the molecule is Cc1ccc(OCCN2C[C@H](C)O[C@@H](C)C2)c([N+](=O)[O-])c1. The van der Waals surface area contributed by atoms with Crippen LogP contribution in [0.5, 0.6) is 5.75 Å². The maximum absolute atomic E-state index is 11.0. The molecule has 6 nitrogen and oxygen atoms in total. The molecular weight excluding hydrogens is 272 g/mol. The van der Waals surface area contributed by atoms with E-state index in [1.807, 2.05) is 26.8 Å². The molecule has 0 unspecified atom stereocenters. The molecule has 0 amide bonds. The lowest BCUT2D eigenvalue weighted by molar-refractivity contribution is -0.385. The first-order valence-electron chi connectivity index (χ1n) is 7.21. The number of nitro benzene ring substituents is 1. The van der Waals surface area contributed by atoms with Crippen LogP contribution in [-0.4, -0.2) is 48.3 Å². The number of hydrogen-bond acceptors (Lipinski definition) is 5. The van der Waals surface area contributed by atoms with Gasteiger partial charge in [0, 0.05) is 25.7 Å². The maximum Gasteiger partial charge on any atom is 0.311 e. The Balaban J connectivity index is 1.90. The third kappa shape index (κ3) is 4.41. The Kier molecular flexibility index (Phi) is 5.14. The number of nitrogens with zero attached hydrogens (tertiary/aromatic N) is 2. The minimum absolute atomic E-state index is 0.0266. The predicted octanol–water partition coefficient (Wildman–Crippen LogP) is 2.39. The Bertz CT molecular complexity index is 496. The number of rotatable bonds is 5. The molecule has 0 aliphatic carbocycles. The van der Waals surface area contributed by atoms with Crippen molar-refractivity contribution < 1.29 is 14.4 Å². The molecule has 1 aliphatic heterocycles. The van der Waals surface area contributed by atoms with Crippen molar-refractivity contribution in [3.05, 3.63) is 33.9 Å². The normalized spacial score (nSPS) is 23.0. The van der Waals surface area contributed by atoms with E-state index in [-0.39, 0.29) is 17.9 Å². The third-order valence-corrected chi connectivity index (χ3v) is 3.47. The van der Waals surface area contributed by atoms with Gasteiger partial charge in [-0.1, -0.05) is 6.07 Å². The second-order valence-electron chi connectivity index (χ2n) is 5.59. The standard InChI is InChI=1S/C15H22N2O4/c1-11-4-5-15(14(8-11)17(18)19)20-7-6-16-9-12(2)21-13(3)10-16/h4-5,8,12-13H,6-7,9-10H2,1-3H3/t12-,13-/m0/s1. The highest BCUT2D eigenvalue weighted by molar-refractivity contribution is 5.48. The Hall–Kier alpha value is -1.66. The van der Waals surface area contributed by atoms with Crippen LogP contribution in [0.15, 0.2) is 18.2 Å². The molecule has 1 aromatic carbocycles. The van der Waals surface area contributed by atoms with Crippen LogP contribution in [-0.2, 0) is 4.74 Å². The van der Waals surface area contributed by atoms with Crippen molar-refractivity contribution in [1.82, 2.24) is 4.90 Å².